The highest BCUT2D eigenvalue weighted by Gasteiger charge is 2.16. The molecule has 1 heterocycles. The summed E-state index contributed by atoms with van der Waals surface area (Å²) in [5, 5.41) is 46.1. The Balaban J connectivity index is 1.64. The lowest BCUT2D eigenvalue weighted by molar-refractivity contribution is 0.0902. The van der Waals surface area contributed by atoms with Gasteiger partial charge in [0.05, 0.1) is 11.4 Å². The molecule has 0 radical (unpaired) electrons. The number of phenolic OH excluding ortho intramolecular Hbond substituents is 4. The summed E-state index contributed by atoms with van der Waals surface area (Å²) in [5.41, 5.74) is 5.65. The lowest BCUT2D eigenvalue weighted by Crippen LogP contribution is -2.20. The van der Waals surface area contributed by atoms with Gasteiger partial charge in [-0.2, -0.15) is 10.2 Å². The van der Waals surface area contributed by atoms with Crippen LogP contribution in [0.2, 0.25) is 0 Å². The van der Waals surface area contributed by atoms with Gasteiger partial charge in [-0.25, -0.2) is 10.9 Å². The smallest absolute Gasteiger partial charge is 0.307 e. The van der Waals surface area contributed by atoms with Crippen molar-refractivity contribution in [1.82, 2.24) is 10.9 Å². The zero-order valence-corrected chi connectivity index (χ0v) is 17.5. The van der Waals surface area contributed by atoms with E-state index in [0.717, 1.165) is 12.1 Å². The van der Waals surface area contributed by atoms with Crippen molar-refractivity contribution in [2.45, 2.75) is 13.8 Å². The number of furan rings is 1. The van der Waals surface area contributed by atoms with Gasteiger partial charge in [0.1, 0.15) is 23.0 Å². The van der Waals surface area contributed by atoms with Crippen molar-refractivity contribution in [2.24, 2.45) is 10.2 Å². The van der Waals surface area contributed by atoms with Crippen LogP contribution in [0.25, 0.3) is 0 Å². The molecule has 2 amide bonds. The molecule has 0 fully saturated rings. The minimum Gasteiger partial charge on any atom is -0.508 e. The third-order valence-corrected chi connectivity index (χ3v) is 4.45. The second kappa shape index (κ2) is 9.56. The maximum atomic E-state index is 12.2. The average Bonchev–Trinajstić information content (AvgIpc) is 3.26. The number of hydrogen-bond donors (Lipinski definition) is 6. The molecule has 33 heavy (non-hydrogen) atoms. The highest BCUT2D eigenvalue weighted by molar-refractivity contribution is 6.03. The Bertz CT molecular complexity index is 1180. The molecule has 170 valence electrons. The van der Waals surface area contributed by atoms with Gasteiger partial charge in [0.2, 0.25) is 0 Å². The SMILES string of the molecule is C/C(=N\NC(=O)c1ccc(C(=O)N/N=C(\C)c2ccc(O)cc2O)o1)c1ccc(O)cc1O. The Hall–Kier alpha value is -4.80. The van der Waals surface area contributed by atoms with E-state index >= 15 is 0 Å². The number of hydrogen-bond acceptors (Lipinski definition) is 9. The minimum atomic E-state index is -0.736. The molecule has 0 spiro atoms. The first-order chi connectivity index (χ1) is 15.7. The summed E-state index contributed by atoms with van der Waals surface area (Å²) in [6, 6.07) is 10.4. The second-order valence-electron chi connectivity index (χ2n) is 6.84. The molecule has 0 aliphatic heterocycles. The zero-order chi connectivity index (χ0) is 24.1. The minimum absolute atomic E-state index is 0.117. The van der Waals surface area contributed by atoms with Crippen LogP contribution in [0.3, 0.4) is 0 Å². The number of hydrazone groups is 2. The van der Waals surface area contributed by atoms with Gasteiger partial charge in [-0.15, -0.1) is 0 Å². The van der Waals surface area contributed by atoms with Gasteiger partial charge in [-0.05, 0) is 50.2 Å². The first-order valence-electron chi connectivity index (χ1n) is 9.49. The van der Waals surface area contributed by atoms with Crippen LogP contribution in [0.5, 0.6) is 23.0 Å². The van der Waals surface area contributed by atoms with Crippen LogP contribution >= 0.6 is 0 Å². The van der Waals surface area contributed by atoms with E-state index < -0.39 is 11.8 Å². The molecule has 0 saturated carbocycles. The third-order valence-electron chi connectivity index (χ3n) is 4.45. The summed E-state index contributed by atoms with van der Waals surface area (Å²) >= 11 is 0. The van der Waals surface area contributed by atoms with Crippen molar-refractivity contribution in [3.05, 3.63) is 71.2 Å². The molecular formula is C22H20N4O7. The molecule has 2 aromatic carbocycles. The molecule has 0 unspecified atom stereocenters. The Labute approximate surface area is 187 Å². The first-order valence-corrected chi connectivity index (χ1v) is 9.49. The van der Waals surface area contributed by atoms with Gasteiger partial charge >= 0.3 is 11.8 Å². The predicted molar refractivity (Wildman–Crippen MR) is 118 cm³/mol. The van der Waals surface area contributed by atoms with Gasteiger partial charge in [0.25, 0.3) is 0 Å². The van der Waals surface area contributed by atoms with Gasteiger partial charge in [-0.3, -0.25) is 9.59 Å². The highest BCUT2D eigenvalue weighted by Crippen LogP contribution is 2.24. The fourth-order valence-corrected chi connectivity index (χ4v) is 2.73. The van der Waals surface area contributed by atoms with Gasteiger partial charge in [0, 0.05) is 23.3 Å². The number of phenols is 4. The van der Waals surface area contributed by atoms with Crippen molar-refractivity contribution >= 4 is 23.2 Å². The Morgan fingerprint density at radius 2 is 1.09 bits per heavy atom. The monoisotopic (exact) mass is 452 g/mol. The summed E-state index contributed by atoms with van der Waals surface area (Å²) in [6.07, 6.45) is 0. The van der Waals surface area contributed by atoms with Crippen LogP contribution in [0.1, 0.15) is 46.1 Å². The van der Waals surface area contributed by atoms with Crippen LogP contribution in [-0.2, 0) is 0 Å². The van der Waals surface area contributed by atoms with Crippen molar-refractivity contribution in [2.75, 3.05) is 0 Å². The fourth-order valence-electron chi connectivity index (χ4n) is 2.73. The summed E-state index contributed by atoms with van der Waals surface area (Å²) in [6.45, 7) is 3.08. The van der Waals surface area contributed by atoms with Gasteiger partial charge in [-0.1, -0.05) is 0 Å². The quantitative estimate of drug-likeness (QED) is 0.246. The maximum Gasteiger partial charge on any atom is 0.307 e. The number of amides is 2. The van der Waals surface area contributed by atoms with E-state index in [1.165, 1.54) is 36.4 Å². The second-order valence-corrected chi connectivity index (χ2v) is 6.84. The molecule has 11 nitrogen and oxygen atoms in total. The molecule has 0 atom stereocenters. The Morgan fingerprint density at radius 3 is 1.45 bits per heavy atom. The molecule has 0 aliphatic rings. The van der Waals surface area contributed by atoms with E-state index in [9.17, 15) is 30.0 Å². The largest absolute Gasteiger partial charge is 0.508 e. The number of carbonyl (C=O) groups is 2. The summed E-state index contributed by atoms with van der Waals surface area (Å²) < 4.78 is 5.23. The van der Waals surface area contributed by atoms with Crippen molar-refractivity contribution in [3.63, 3.8) is 0 Å². The number of nitrogens with one attached hydrogen (secondary N) is 2. The van der Waals surface area contributed by atoms with E-state index in [1.807, 2.05) is 0 Å². The summed E-state index contributed by atoms with van der Waals surface area (Å²) in [5.74, 6) is -2.51. The fraction of sp³-hybridized carbons (Fsp3) is 0.0909. The van der Waals surface area contributed by atoms with E-state index in [-0.39, 0.29) is 45.9 Å². The summed E-state index contributed by atoms with van der Waals surface area (Å²) in [4.78, 5) is 24.5. The molecule has 0 bridgehead atoms. The van der Waals surface area contributed by atoms with Crippen molar-refractivity contribution in [1.29, 1.82) is 0 Å². The molecule has 0 aliphatic carbocycles. The molecule has 3 rings (SSSR count). The number of benzene rings is 2. The number of carbonyl (C=O) groups excluding carboxylic acids is 2. The zero-order valence-electron chi connectivity index (χ0n) is 17.5. The molecule has 0 saturated heterocycles. The molecular weight excluding hydrogens is 432 g/mol. The normalized spacial score (nSPS) is 11.8. The number of aromatic hydroxyl groups is 4. The van der Waals surface area contributed by atoms with Crippen LogP contribution in [0.4, 0.5) is 0 Å². The van der Waals surface area contributed by atoms with Crippen molar-refractivity contribution < 1.29 is 34.4 Å². The molecule has 6 N–H and O–H groups in total. The van der Waals surface area contributed by atoms with Crippen molar-refractivity contribution in [3.8, 4) is 23.0 Å². The Morgan fingerprint density at radius 1 is 0.697 bits per heavy atom. The Kier molecular flexibility index (Phi) is 6.63. The van der Waals surface area contributed by atoms with Gasteiger partial charge < -0.3 is 24.8 Å². The maximum absolute atomic E-state index is 12.2. The third kappa shape index (κ3) is 5.47. The topological polar surface area (TPSA) is 177 Å². The van der Waals surface area contributed by atoms with Gasteiger partial charge in [0.15, 0.2) is 11.5 Å². The van der Waals surface area contributed by atoms with Crippen LogP contribution in [-0.4, -0.2) is 43.7 Å². The van der Waals surface area contributed by atoms with Crippen LogP contribution < -0.4 is 10.9 Å². The van der Waals surface area contributed by atoms with E-state index in [4.69, 9.17) is 4.42 Å². The van der Waals surface area contributed by atoms with Crippen LogP contribution in [0, 0.1) is 0 Å². The number of nitrogens with zero attached hydrogens (tertiary/aromatic N) is 2. The highest BCUT2D eigenvalue weighted by atomic mass is 16.4. The number of rotatable bonds is 6. The lowest BCUT2D eigenvalue weighted by Gasteiger charge is -2.05. The standard InChI is InChI=1S/C22H20N4O7/c1-11(15-5-3-13(27)9-17(15)29)23-25-21(31)19-7-8-20(33-19)22(32)26-24-12(2)16-6-4-14(28)10-18(16)30/h3-10,27-30H,1-2H3,(H,25,31)(H,26,32)/b23-11+,24-12+. The van der Waals surface area contributed by atoms with E-state index in [0.29, 0.717) is 11.1 Å². The van der Waals surface area contributed by atoms with Crippen LogP contribution in [0.15, 0.2) is 63.2 Å². The first kappa shape index (κ1) is 22.9. The summed E-state index contributed by atoms with van der Waals surface area (Å²) in [7, 11) is 0. The molecule has 3 aromatic rings. The van der Waals surface area contributed by atoms with E-state index in [2.05, 4.69) is 21.1 Å². The lowest BCUT2D eigenvalue weighted by atomic mass is 10.1. The molecule has 11 heteroatoms. The van der Waals surface area contributed by atoms with E-state index in [1.54, 1.807) is 13.8 Å². The molecule has 1 aromatic heterocycles. The average molecular weight is 452 g/mol. The predicted octanol–water partition coefficient (Wildman–Crippen LogP) is 2.41.